The van der Waals surface area contributed by atoms with Crippen LogP contribution in [0.1, 0.15) is 62.9 Å². The second kappa shape index (κ2) is 11.8. The Balaban J connectivity index is 1.55. The van der Waals surface area contributed by atoms with Gasteiger partial charge in [-0.25, -0.2) is 8.93 Å². The number of ether oxygens (including phenoxy) is 1. The van der Waals surface area contributed by atoms with Gasteiger partial charge in [0.25, 0.3) is 0 Å². The average molecular weight is 604 g/mol. The molecule has 0 radical (unpaired) electrons. The van der Waals surface area contributed by atoms with Gasteiger partial charge >= 0.3 is 0 Å². The quantitative estimate of drug-likeness (QED) is 0.191. The molecule has 3 nitrogen and oxygen atoms in total. The first kappa shape index (κ1) is 29.5. The highest BCUT2D eigenvalue weighted by atomic mass is 32.2. The lowest BCUT2D eigenvalue weighted by molar-refractivity contribution is 0.413. The Hall–Kier alpha value is -3.56. The van der Waals surface area contributed by atoms with Crippen molar-refractivity contribution in [2.24, 2.45) is 0 Å². The Kier molecular flexibility index (Phi) is 8.13. The first-order valence-corrected chi connectivity index (χ1v) is 17.2. The number of nitrogens with one attached hydrogen (secondary N) is 1. The van der Waals surface area contributed by atoms with Crippen molar-refractivity contribution < 1.29 is 8.95 Å². The van der Waals surface area contributed by atoms with Crippen molar-refractivity contribution in [3.8, 4) is 11.5 Å². The minimum Gasteiger partial charge on any atom is -0.456 e. The van der Waals surface area contributed by atoms with Gasteiger partial charge in [-0.2, -0.15) is 0 Å². The molecule has 5 aromatic rings. The zero-order chi connectivity index (χ0) is 30.2. The molecule has 0 saturated heterocycles. The largest absolute Gasteiger partial charge is 0.456 e. The van der Waals surface area contributed by atoms with Gasteiger partial charge < -0.3 is 4.74 Å². The van der Waals surface area contributed by atoms with Crippen LogP contribution in [0.25, 0.3) is 0 Å². The van der Waals surface area contributed by atoms with E-state index >= 15 is 0 Å². The maximum Gasteiger partial charge on any atom is 0.139 e. The molecule has 0 saturated carbocycles. The summed E-state index contributed by atoms with van der Waals surface area (Å²) in [5.41, 5.74) is 4.02. The van der Waals surface area contributed by atoms with Gasteiger partial charge in [-0.3, -0.25) is 0 Å². The zero-order valence-corrected chi connectivity index (χ0v) is 27.1. The van der Waals surface area contributed by atoms with Crippen LogP contribution in [-0.2, 0) is 16.4 Å². The topological polar surface area (TPSA) is 38.3 Å². The van der Waals surface area contributed by atoms with Gasteiger partial charge in [0.1, 0.15) is 11.5 Å². The third-order valence-corrected chi connectivity index (χ3v) is 12.1. The van der Waals surface area contributed by atoms with E-state index in [1.807, 2.05) is 39.0 Å². The number of hydrogen-bond donors (Lipinski definition) is 1. The molecule has 1 N–H and O–H groups in total. The smallest absolute Gasteiger partial charge is 0.139 e. The summed E-state index contributed by atoms with van der Waals surface area (Å²) in [4.78, 5) is 0. The molecule has 6 rings (SSSR count). The van der Waals surface area contributed by atoms with E-state index in [0.29, 0.717) is 0 Å². The van der Waals surface area contributed by atoms with E-state index in [0.717, 1.165) is 28.2 Å². The minimum absolute atomic E-state index is 0.312. The lowest BCUT2D eigenvalue weighted by atomic mass is 9.74. The Bertz CT molecular complexity index is 1710. The van der Waals surface area contributed by atoms with Crippen molar-refractivity contribution in [2.75, 3.05) is 0 Å². The number of benzene rings is 5. The van der Waals surface area contributed by atoms with Gasteiger partial charge in [0.05, 0.1) is 21.8 Å². The molecule has 1 aliphatic rings. The highest BCUT2D eigenvalue weighted by molar-refractivity contribution is 7.84. The van der Waals surface area contributed by atoms with Gasteiger partial charge in [0.15, 0.2) is 0 Å². The van der Waals surface area contributed by atoms with Crippen molar-refractivity contribution in [1.82, 2.24) is 4.72 Å². The molecule has 1 heterocycles. The van der Waals surface area contributed by atoms with E-state index in [4.69, 9.17) is 4.74 Å². The number of hydrogen-bond acceptors (Lipinski definition) is 2. The fourth-order valence-corrected chi connectivity index (χ4v) is 8.99. The van der Waals surface area contributed by atoms with E-state index in [9.17, 15) is 4.21 Å². The van der Waals surface area contributed by atoms with E-state index < -0.39 is 23.7 Å². The SMILES string of the molecule is CC1(C)c2cccc([C@@H](NS(=O)C(C)(C)C)c3ccccc3)c2Oc2c(P(c3ccccc3)c3ccccc3)cccc21. The molecule has 1 aliphatic heterocycles. The van der Waals surface area contributed by atoms with Crippen LogP contribution >= 0.6 is 7.92 Å². The van der Waals surface area contributed by atoms with Gasteiger partial charge in [0.2, 0.25) is 0 Å². The Labute approximate surface area is 259 Å². The van der Waals surface area contributed by atoms with Crippen LogP contribution in [0.2, 0.25) is 0 Å². The van der Waals surface area contributed by atoms with Gasteiger partial charge in [-0.1, -0.05) is 141 Å². The molecule has 43 heavy (non-hydrogen) atoms. The molecule has 0 bridgehead atoms. The summed E-state index contributed by atoms with van der Waals surface area (Å²) in [6, 6.07) is 44.5. The molecule has 218 valence electrons. The second-order valence-electron chi connectivity index (χ2n) is 12.5. The van der Waals surface area contributed by atoms with E-state index in [-0.39, 0.29) is 11.5 Å². The maximum atomic E-state index is 13.5. The molecule has 0 amide bonds. The minimum atomic E-state index is -1.30. The molecule has 0 aliphatic carbocycles. The van der Waals surface area contributed by atoms with Crippen LogP contribution in [0.3, 0.4) is 0 Å². The average Bonchev–Trinajstić information content (AvgIpc) is 3.01. The summed E-state index contributed by atoms with van der Waals surface area (Å²) >= 11 is 0. The summed E-state index contributed by atoms with van der Waals surface area (Å²) in [7, 11) is -2.18. The lowest BCUT2D eigenvalue weighted by Gasteiger charge is -2.38. The third-order valence-electron chi connectivity index (χ3n) is 8.09. The molecule has 0 fully saturated rings. The van der Waals surface area contributed by atoms with Crippen molar-refractivity contribution in [1.29, 1.82) is 0 Å². The van der Waals surface area contributed by atoms with Crippen LogP contribution in [0.15, 0.2) is 127 Å². The number of para-hydroxylation sites is 2. The molecule has 2 atom stereocenters. The molecule has 0 aromatic heterocycles. The maximum absolute atomic E-state index is 13.5. The van der Waals surface area contributed by atoms with Crippen LogP contribution in [0.5, 0.6) is 11.5 Å². The Morgan fingerprint density at radius 1 is 0.674 bits per heavy atom. The van der Waals surface area contributed by atoms with Crippen molar-refractivity contribution in [3.05, 3.63) is 150 Å². The zero-order valence-electron chi connectivity index (χ0n) is 25.4. The molecule has 5 aromatic carbocycles. The first-order valence-electron chi connectivity index (χ1n) is 14.7. The summed E-state index contributed by atoms with van der Waals surface area (Å²) in [5.74, 6) is 1.77. The first-order chi connectivity index (χ1) is 20.7. The highest BCUT2D eigenvalue weighted by Crippen LogP contribution is 2.52. The fraction of sp³-hybridized carbons (Fsp3) is 0.211. The normalized spacial score (nSPS) is 15.2. The molecule has 1 unspecified atom stereocenters. The van der Waals surface area contributed by atoms with Gasteiger partial charge in [0, 0.05) is 27.4 Å². The van der Waals surface area contributed by atoms with Crippen LogP contribution in [0.4, 0.5) is 0 Å². The summed E-state index contributed by atoms with van der Waals surface area (Å²) in [6.07, 6.45) is 0. The monoisotopic (exact) mass is 603 g/mol. The third kappa shape index (κ3) is 5.72. The Morgan fingerprint density at radius 2 is 1.19 bits per heavy atom. The molecule has 0 spiro atoms. The van der Waals surface area contributed by atoms with Gasteiger partial charge in [-0.15, -0.1) is 0 Å². The summed E-state index contributed by atoms with van der Waals surface area (Å²) in [5, 5.41) is 3.75. The predicted molar refractivity (Wildman–Crippen MR) is 183 cm³/mol. The van der Waals surface area contributed by atoms with E-state index in [2.05, 4.69) is 128 Å². The summed E-state index contributed by atoms with van der Waals surface area (Å²) < 4.78 is 23.7. The second-order valence-corrected chi connectivity index (χ2v) is 16.6. The van der Waals surface area contributed by atoms with Crippen molar-refractivity contribution in [2.45, 2.75) is 50.8 Å². The predicted octanol–water partition coefficient (Wildman–Crippen LogP) is 8.02. The van der Waals surface area contributed by atoms with Crippen molar-refractivity contribution in [3.63, 3.8) is 0 Å². The molecular weight excluding hydrogens is 565 g/mol. The van der Waals surface area contributed by atoms with Crippen LogP contribution < -0.4 is 25.4 Å². The van der Waals surface area contributed by atoms with Crippen molar-refractivity contribution >= 4 is 34.8 Å². The number of rotatable bonds is 7. The van der Waals surface area contributed by atoms with E-state index in [1.54, 1.807) is 0 Å². The molecule has 5 heteroatoms. The Morgan fingerprint density at radius 3 is 1.74 bits per heavy atom. The molecular formula is C38H38NO2PS. The number of fused-ring (bicyclic) bond motifs is 2. The fourth-order valence-electron chi connectivity index (χ4n) is 5.76. The lowest BCUT2D eigenvalue weighted by Crippen LogP contribution is -2.37. The van der Waals surface area contributed by atoms with Gasteiger partial charge in [-0.05, 0) is 44.9 Å². The van der Waals surface area contributed by atoms with Crippen LogP contribution in [-0.4, -0.2) is 8.96 Å². The van der Waals surface area contributed by atoms with Crippen LogP contribution in [0, 0.1) is 0 Å². The highest BCUT2D eigenvalue weighted by Gasteiger charge is 2.39. The standard InChI is InChI=1S/C38H38NO2PS/c1-37(2,3)43(40)39-34(27-17-9-6-10-18-27)30-23-15-24-31-35(30)41-36-32(38(31,4)5)25-16-26-33(36)42(28-19-11-7-12-20-28)29-21-13-8-14-22-29/h6-26,34,39H,1-5H3/t34-,43?/m0/s1. The van der Waals surface area contributed by atoms with E-state index in [1.165, 1.54) is 21.5 Å². The summed E-state index contributed by atoms with van der Waals surface area (Å²) in [6.45, 7) is 10.6.